The van der Waals surface area contributed by atoms with Gasteiger partial charge in [0.05, 0.1) is 34.5 Å². The lowest BCUT2D eigenvalue weighted by molar-refractivity contribution is 0.0982. The zero-order valence-corrected chi connectivity index (χ0v) is 27.7. The summed E-state index contributed by atoms with van der Waals surface area (Å²) in [5.74, 6) is 0.726. The van der Waals surface area contributed by atoms with Crippen LogP contribution < -0.4 is 9.64 Å². The Balaban J connectivity index is 1.46. The first-order chi connectivity index (χ1) is 21.6. The number of anilines is 1. The number of aromatic nitrogens is 3. The number of halogens is 2. The fourth-order valence-electron chi connectivity index (χ4n) is 6.59. The second-order valence-corrected chi connectivity index (χ2v) is 12.5. The van der Waals surface area contributed by atoms with Gasteiger partial charge in [-0.05, 0) is 106 Å². The molecule has 9 heteroatoms. The fraction of sp³-hybridized carbons (Fsp3) is 0.306. The van der Waals surface area contributed by atoms with Crippen LogP contribution in [0, 0.1) is 39.0 Å². The lowest BCUT2D eigenvalue weighted by Crippen LogP contribution is -2.31. The second kappa shape index (κ2) is 12.3. The highest BCUT2D eigenvalue weighted by Crippen LogP contribution is 2.43. The number of nitrogens with zero attached hydrogens (tertiary/aromatic N) is 5. The molecule has 0 bridgehead atoms. The topological polar surface area (TPSA) is 76.1 Å². The van der Waals surface area contributed by atoms with Gasteiger partial charge >= 0.3 is 0 Å². The summed E-state index contributed by atoms with van der Waals surface area (Å²) in [7, 11) is 1.94. The summed E-state index contributed by atoms with van der Waals surface area (Å²) in [5.41, 5.74) is 9.73. The fourth-order valence-corrected chi connectivity index (χ4v) is 6.95. The van der Waals surface area contributed by atoms with Crippen molar-refractivity contribution in [3.63, 3.8) is 0 Å². The van der Waals surface area contributed by atoms with Gasteiger partial charge in [-0.3, -0.25) is 9.48 Å². The van der Waals surface area contributed by atoms with Gasteiger partial charge < -0.3 is 14.2 Å². The highest BCUT2D eigenvalue weighted by atomic mass is 35.5. The first-order valence-corrected chi connectivity index (χ1v) is 15.9. The first-order valence-electron chi connectivity index (χ1n) is 15.2. The van der Waals surface area contributed by atoms with Crippen LogP contribution in [0.25, 0.3) is 22.0 Å². The number of rotatable bonds is 7. The molecule has 45 heavy (non-hydrogen) atoms. The Morgan fingerprint density at radius 3 is 2.33 bits per heavy atom. The van der Waals surface area contributed by atoms with Crippen LogP contribution in [0.1, 0.15) is 57.0 Å². The van der Waals surface area contributed by atoms with E-state index < -0.39 is 0 Å². The van der Waals surface area contributed by atoms with E-state index in [1.54, 1.807) is 12.1 Å². The number of hydrogen-bond acceptors (Lipinski definition) is 4. The molecule has 3 aromatic carbocycles. The molecule has 5 aromatic rings. The Kier molecular flexibility index (Phi) is 8.39. The maximum Gasteiger partial charge on any atom is 0.275 e. The molecule has 230 valence electrons. The molecule has 0 spiro atoms. The average Bonchev–Trinajstić information content (AvgIpc) is 3.39. The molecule has 0 fully saturated rings. The monoisotopic (exact) mass is 639 g/mol. The lowest BCUT2D eigenvalue weighted by atomic mass is 9.98. The van der Waals surface area contributed by atoms with Crippen molar-refractivity contribution in [1.29, 1.82) is 5.26 Å². The Morgan fingerprint density at radius 2 is 1.69 bits per heavy atom. The summed E-state index contributed by atoms with van der Waals surface area (Å²) in [4.78, 5) is 16.4. The van der Waals surface area contributed by atoms with E-state index in [1.165, 1.54) is 0 Å². The van der Waals surface area contributed by atoms with E-state index in [4.69, 9.17) is 27.9 Å². The van der Waals surface area contributed by atoms with Crippen molar-refractivity contribution in [2.24, 2.45) is 7.05 Å². The van der Waals surface area contributed by atoms with Gasteiger partial charge in [-0.15, -0.1) is 0 Å². The third kappa shape index (κ3) is 5.47. The van der Waals surface area contributed by atoms with E-state index in [1.807, 2.05) is 80.7 Å². The number of amides is 1. The van der Waals surface area contributed by atoms with Crippen molar-refractivity contribution >= 4 is 45.7 Å². The predicted octanol–water partition coefficient (Wildman–Crippen LogP) is 8.52. The SMILES string of the molecule is Cc1cc(OCCCc2c3n(c4c(-c5c(C)nn(C)c5C)c(Cl)ccc24)CCCN(c2ccc(C#N)cc2)C3=O)cc(C)c1Cl. The first kappa shape index (κ1) is 30.8. The van der Waals surface area contributed by atoms with Crippen molar-refractivity contribution in [3.8, 4) is 22.9 Å². The number of aryl methyl sites for hydroxylation is 6. The minimum absolute atomic E-state index is 0.0602. The normalized spacial score (nSPS) is 13.2. The van der Waals surface area contributed by atoms with Crippen LogP contribution in [-0.4, -0.2) is 33.4 Å². The summed E-state index contributed by atoms with van der Waals surface area (Å²) in [6, 6.07) is 17.3. The van der Waals surface area contributed by atoms with Crippen LogP contribution in [0.4, 0.5) is 5.69 Å². The van der Waals surface area contributed by atoms with Crippen molar-refractivity contribution in [1.82, 2.24) is 14.3 Å². The van der Waals surface area contributed by atoms with Crippen LogP contribution in [0.15, 0.2) is 48.5 Å². The zero-order valence-electron chi connectivity index (χ0n) is 26.2. The molecule has 0 atom stereocenters. The molecule has 0 radical (unpaired) electrons. The van der Waals surface area contributed by atoms with Crippen molar-refractivity contribution < 1.29 is 9.53 Å². The zero-order chi connectivity index (χ0) is 32.0. The predicted molar refractivity (Wildman–Crippen MR) is 181 cm³/mol. The van der Waals surface area contributed by atoms with Gasteiger partial charge in [0.25, 0.3) is 5.91 Å². The molecule has 0 N–H and O–H groups in total. The lowest BCUT2D eigenvalue weighted by Gasteiger charge is -2.21. The van der Waals surface area contributed by atoms with Gasteiger partial charge in [0.1, 0.15) is 11.4 Å². The third-order valence-electron chi connectivity index (χ3n) is 8.81. The number of fused-ring (bicyclic) bond motifs is 3. The van der Waals surface area contributed by atoms with E-state index in [0.29, 0.717) is 48.8 Å². The maximum atomic E-state index is 14.6. The largest absolute Gasteiger partial charge is 0.494 e. The third-order valence-corrected chi connectivity index (χ3v) is 9.72. The smallest absolute Gasteiger partial charge is 0.275 e. The molecule has 0 unspecified atom stereocenters. The molecule has 0 aliphatic carbocycles. The van der Waals surface area contributed by atoms with Gasteiger partial charge in [0, 0.05) is 53.1 Å². The van der Waals surface area contributed by atoms with Gasteiger partial charge in [0.15, 0.2) is 0 Å². The second-order valence-electron chi connectivity index (χ2n) is 11.8. The Bertz CT molecular complexity index is 1980. The summed E-state index contributed by atoms with van der Waals surface area (Å²) in [6.07, 6.45) is 2.11. The minimum atomic E-state index is -0.0602. The average molecular weight is 641 g/mol. The number of benzene rings is 3. The molecule has 0 saturated carbocycles. The molecule has 1 amide bonds. The van der Waals surface area contributed by atoms with Crippen LogP contribution >= 0.6 is 23.2 Å². The highest BCUT2D eigenvalue weighted by Gasteiger charge is 2.32. The molecule has 1 aliphatic heterocycles. The molecular weight excluding hydrogens is 605 g/mol. The van der Waals surface area contributed by atoms with E-state index in [0.717, 1.165) is 73.0 Å². The summed E-state index contributed by atoms with van der Waals surface area (Å²) in [5, 5.41) is 16.4. The van der Waals surface area contributed by atoms with E-state index in [2.05, 4.69) is 15.7 Å². The van der Waals surface area contributed by atoms with Gasteiger partial charge in [0.2, 0.25) is 0 Å². The number of carbonyl (C=O) groups excluding carboxylic acids is 1. The van der Waals surface area contributed by atoms with Crippen LogP contribution in [-0.2, 0) is 20.0 Å². The summed E-state index contributed by atoms with van der Waals surface area (Å²) < 4.78 is 10.2. The number of carbonyl (C=O) groups is 1. The van der Waals surface area contributed by atoms with Crippen LogP contribution in [0.3, 0.4) is 0 Å². The molecule has 1 aliphatic rings. The van der Waals surface area contributed by atoms with E-state index >= 15 is 0 Å². The molecule has 6 rings (SSSR count). The summed E-state index contributed by atoms with van der Waals surface area (Å²) in [6.45, 7) is 9.71. The Labute approximate surface area is 273 Å². The van der Waals surface area contributed by atoms with E-state index in [9.17, 15) is 10.1 Å². The minimum Gasteiger partial charge on any atom is -0.494 e. The molecule has 0 saturated heterocycles. The van der Waals surface area contributed by atoms with Crippen molar-refractivity contribution in [2.75, 3.05) is 18.1 Å². The van der Waals surface area contributed by atoms with Crippen LogP contribution in [0.2, 0.25) is 10.0 Å². The van der Waals surface area contributed by atoms with Crippen molar-refractivity contribution in [2.45, 2.75) is 53.5 Å². The van der Waals surface area contributed by atoms with Gasteiger partial charge in [-0.2, -0.15) is 10.4 Å². The molecule has 3 heterocycles. The number of hydrogen-bond donors (Lipinski definition) is 0. The molecular formula is C36H35Cl2N5O2. The number of nitriles is 1. The molecule has 7 nitrogen and oxygen atoms in total. The quantitative estimate of drug-likeness (QED) is 0.167. The Hall–Kier alpha value is -4.25. The van der Waals surface area contributed by atoms with Crippen molar-refractivity contribution in [3.05, 3.63) is 97.9 Å². The number of ether oxygens (including phenoxy) is 1. The van der Waals surface area contributed by atoms with Gasteiger partial charge in [-0.1, -0.05) is 29.3 Å². The molecule has 2 aromatic heterocycles. The van der Waals surface area contributed by atoms with E-state index in [-0.39, 0.29) is 5.91 Å². The van der Waals surface area contributed by atoms with Gasteiger partial charge in [-0.25, -0.2) is 0 Å². The standard InChI is InChI=1S/C36H35Cl2N5O2/c1-21-18-27(19-22(2)33(21)38)45-17-6-8-28-29-13-14-30(37)32(31-23(3)40-41(5)24(31)4)34(29)43-16-7-15-42(36(44)35(28)43)26-11-9-25(20-39)10-12-26/h9-14,18-19H,6-8,15-17H2,1-5H3. The highest BCUT2D eigenvalue weighted by molar-refractivity contribution is 6.35. The Morgan fingerprint density at radius 1 is 0.978 bits per heavy atom. The maximum absolute atomic E-state index is 14.6. The van der Waals surface area contributed by atoms with Crippen LogP contribution in [0.5, 0.6) is 5.75 Å². The summed E-state index contributed by atoms with van der Waals surface area (Å²) >= 11 is 13.4.